The molecule has 1 aliphatic heterocycles. The molecule has 4 nitrogen and oxygen atoms in total. The van der Waals surface area contributed by atoms with Crippen molar-refractivity contribution in [3.8, 4) is 5.75 Å². The van der Waals surface area contributed by atoms with Gasteiger partial charge in [-0.25, -0.2) is 0 Å². The third-order valence-corrected chi connectivity index (χ3v) is 9.46. The van der Waals surface area contributed by atoms with Crippen molar-refractivity contribution in [2.45, 2.75) is 116 Å². The van der Waals surface area contributed by atoms with Crippen LogP contribution in [-0.4, -0.2) is 29.9 Å². The average Bonchev–Trinajstić information content (AvgIpc) is 3.52. The van der Waals surface area contributed by atoms with Crippen LogP contribution in [0.5, 0.6) is 5.75 Å². The number of hydrogen-bond acceptors (Lipinski definition) is 4. The van der Waals surface area contributed by atoms with Gasteiger partial charge in [0.25, 0.3) is 0 Å². The molecule has 202 valence electrons. The minimum atomic E-state index is -0.219. The molecule has 1 saturated heterocycles. The number of cyclic esters (lactones) is 1. The number of aliphatic hydroxyl groups excluding tert-OH is 1. The fraction of sp³-hybridized carbons (Fsp3) is 0.606. The molecule has 0 aromatic heterocycles. The monoisotopic (exact) mass is 506 g/mol. The van der Waals surface area contributed by atoms with Crippen LogP contribution in [0.25, 0.3) is 0 Å². The van der Waals surface area contributed by atoms with Crippen molar-refractivity contribution in [2.75, 3.05) is 6.61 Å². The smallest absolute Gasteiger partial charge is 0.306 e. The number of carbonyl (C=O) groups is 1. The average molecular weight is 507 g/mol. The second-order valence-electron chi connectivity index (χ2n) is 11.8. The highest BCUT2D eigenvalue weighted by molar-refractivity contribution is 5.71. The summed E-state index contributed by atoms with van der Waals surface area (Å²) in [6.07, 6.45) is 9.45. The Morgan fingerprint density at radius 3 is 2.27 bits per heavy atom. The Labute approximate surface area is 223 Å². The van der Waals surface area contributed by atoms with Gasteiger partial charge in [0.05, 0.1) is 6.10 Å². The highest BCUT2D eigenvalue weighted by Crippen LogP contribution is 2.43. The number of hydrogen-bond donors (Lipinski definition) is 1. The lowest BCUT2D eigenvalue weighted by atomic mass is 9.69. The first-order valence-corrected chi connectivity index (χ1v) is 14.4. The second kappa shape index (κ2) is 11.6. The second-order valence-corrected chi connectivity index (χ2v) is 11.8. The van der Waals surface area contributed by atoms with E-state index in [-0.39, 0.29) is 29.0 Å². The van der Waals surface area contributed by atoms with E-state index in [4.69, 9.17) is 9.47 Å². The van der Waals surface area contributed by atoms with Crippen LogP contribution in [0, 0.1) is 19.3 Å². The van der Waals surface area contributed by atoms with E-state index in [0.717, 1.165) is 56.3 Å². The Kier molecular flexibility index (Phi) is 8.68. The summed E-state index contributed by atoms with van der Waals surface area (Å²) in [5, 5.41) is 10.9. The molecule has 2 atom stereocenters. The lowest BCUT2D eigenvalue weighted by Gasteiger charge is -2.34. The summed E-state index contributed by atoms with van der Waals surface area (Å²) in [7, 11) is 0. The van der Waals surface area contributed by atoms with Crippen LogP contribution in [-0.2, 0) is 21.4 Å². The van der Waals surface area contributed by atoms with Gasteiger partial charge in [-0.3, -0.25) is 4.79 Å². The van der Waals surface area contributed by atoms with E-state index in [1.807, 2.05) is 0 Å². The van der Waals surface area contributed by atoms with E-state index in [0.29, 0.717) is 13.0 Å². The molecule has 4 rings (SSSR count). The molecule has 0 spiro atoms. The predicted octanol–water partition coefficient (Wildman–Crippen LogP) is 7.37. The maximum atomic E-state index is 11.4. The highest BCUT2D eigenvalue weighted by atomic mass is 16.6. The lowest BCUT2D eigenvalue weighted by molar-refractivity contribution is -0.142. The molecule has 2 aliphatic rings. The normalized spacial score (nSPS) is 20.2. The number of benzene rings is 2. The maximum absolute atomic E-state index is 11.4. The van der Waals surface area contributed by atoms with Crippen molar-refractivity contribution in [3.63, 3.8) is 0 Å². The van der Waals surface area contributed by atoms with Crippen LogP contribution in [0.1, 0.15) is 106 Å². The largest absolute Gasteiger partial charge is 0.489 e. The highest BCUT2D eigenvalue weighted by Gasteiger charge is 2.36. The Hall–Kier alpha value is -2.33. The van der Waals surface area contributed by atoms with Gasteiger partial charge < -0.3 is 14.6 Å². The summed E-state index contributed by atoms with van der Waals surface area (Å²) < 4.78 is 11.3. The van der Waals surface area contributed by atoms with E-state index in [2.05, 4.69) is 71.0 Å². The molecule has 4 heteroatoms. The van der Waals surface area contributed by atoms with E-state index >= 15 is 0 Å². The zero-order chi connectivity index (χ0) is 26.6. The summed E-state index contributed by atoms with van der Waals surface area (Å²) in [6, 6.07) is 13.5. The first-order chi connectivity index (χ1) is 17.7. The summed E-state index contributed by atoms with van der Waals surface area (Å²) in [5.41, 5.74) is 6.47. The minimum absolute atomic E-state index is 0.0651. The lowest BCUT2D eigenvalue weighted by Crippen LogP contribution is -2.30. The third kappa shape index (κ3) is 5.90. The molecule has 1 N–H and O–H groups in total. The number of aryl methyl sites for hydroxylation is 3. The minimum Gasteiger partial charge on any atom is -0.489 e. The molecular weight excluding hydrogens is 460 g/mol. The molecule has 37 heavy (non-hydrogen) atoms. The third-order valence-electron chi connectivity index (χ3n) is 9.46. The fourth-order valence-electron chi connectivity index (χ4n) is 6.66. The van der Waals surface area contributed by atoms with Crippen molar-refractivity contribution in [1.82, 2.24) is 0 Å². The number of carbonyl (C=O) groups excluding carboxylic acids is 1. The van der Waals surface area contributed by atoms with Gasteiger partial charge in [0.15, 0.2) is 0 Å². The van der Waals surface area contributed by atoms with E-state index < -0.39 is 0 Å². The molecule has 2 fully saturated rings. The Morgan fingerprint density at radius 2 is 1.70 bits per heavy atom. The molecule has 2 aromatic rings. The van der Waals surface area contributed by atoms with Crippen LogP contribution in [0.3, 0.4) is 0 Å². The van der Waals surface area contributed by atoms with Crippen LogP contribution in [0.2, 0.25) is 0 Å². The van der Waals surface area contributed by atoms with Crippen molar-refractivity contribution in [2.24, 2.45) is 5.41 Å². The number of rotatable bonds is 11. The zero-order valence-electron chi connectivity index (χ0n) is 23.6. The molecule has 1 heterocycles. The Balaban J connectivity index is 1.49. The maximum Gasteiger partial charge on any atom is 0.306 e. The topological polar surface area (TPSA) is 55.8 Å². The fourth-order valence-corrected chi connectivity index (χ4v) is 6.66. The summed E-state index contributed by atoms with van der Waals surface area (Å²) >= 11 is 0. The van der Waals surface area contributed by atoms with Crippen LogP contribution < -0.4 is 4.74 Å². The van der Waals surface area contributed by atoms with Gasteiger partial charge in [-0.2, -0.15) is 0 Å². The van der Waals surface area contributed by atoms with Gasteiger partial charge in [0, 0.05) is 11.8 Å². The van der Waals surface area contributed by atoms with Gasteiger partial charge in [0.1, 0.15) is 18.5 Å². The summed E-state index contributed by atoms with van der Waals surface area (Å²) in [4.78, 5) is 11.4. The zero-order valence-corrected chi connectivity index (χ0v) is 23.6. The van der Waals surface area contributed by atoms with Gasteiger partial charge >= 0.3 is 5.97 Å². The Bertz CT molecular complexity index is 1080. The van der Waals surface area contributed by atoms with Crippen molar-refractivity contribution < 1.29 is 19.4 Å². The van der Waals surface area contributed by atoms with Crippen molar-refractivity contribution in [1.29, 1.82) is 0 Å². The predicted molar refractivity (Wildman–Crippen MR) is 149 cm³/mol. The van der Waals surface area contributed by atoms with Crippen LogP contribution in [0.4, 0.5) is 0 Å². The van der Waals surface area contributed by atoms with Crippen molar-refractivity contribution >= 4 is 5.97 Å². The first kappa shape index (κ1) is 27.7. The molecule has 0 bridgehead atoms. The molecule has 0 amide bonds. The number of ether oxygens (including phenoxy) is 2. The van der Waals surface area contributed by atoms with Crippen LogP contribution >= 0.6 is 0 Å². The SMILES string of the molecule is CCC(CC)(c1ccc(CCC(O)C2(C)CCCC2)c(C)c1)c1ccc(OCC2CCC(=O)O2)c(C)c1. The number of esters is 1. The van der Waals surface area contributed by atoms with Gasteiger partial charge in [-0.05, 0) is 98.1 Å². The van der Waals surface area contributed by atoms with Gasteiger partial charge in [-0.1, -0.05) is 63.9 Å². The quantitative estimate of drug-likeness (QED) is 0.323. The molecular formula is C33H46O4. The standard InChI is InChI=1S/C33H46O4/c1-6-33(7-2,27-13-15-29(24(4)21-27)36-22-28-14-17-31(35)37-28)26-12-10-25(23(3)20-26)11-16-30(34)32(5)18-8-9-19-32/h10,12-13,15,20-21,28,30,34H,6-9,11,14,16-19,22H2,1-5H3. The van der Waals surface area contributed by atoms with Crippen LogP contribution in [0.15, 0.2) is 36.4 Å². The number of aliphatic hydroxyl groups is 1. The molecule has 2 aromatic carbocycles. The molecule has 1 saturated carbocycles. The van der Waals surface area contributed by atoms with E-state index in [1.165, 1.54) is 35.1 Å². The summed E-state index contributed by atoms with van der Waals surface area (Å²) in [5.74, 6) is 0.728. The first-order valence-electron chi connectivity index (χ1n) is 14.4. The Morgan fingerprint density at radius 1 is 1.05 bits per heavy atom. The summed E-state index contributed by atoms with van der Waals surface area (Å²) in [6.45, 7) is 11.5. The van der Waals surface area contributed by atoms with Gasteiger partial charge in [0.2, 0.25) is 0 Å². The van der Waals surface area contributed by atoms with E-state index in [9.17, 15) is 9.90 Å². The van der Waals surface area contributed by atoms with Gasteiger partial charge in [-0.15, -0.1) is 0 Å². The van der Waals surface area contributed by atoms with E-state index in [1.54, 1.807) is 0 Å². The molecule has 2 unspecified atom stereocenters. The van der Waals surface area contributed by atoms with Crippen molar-refractivity contribution in [3.05, 3.63) is 64.2 Å². The molecule has 0 radical (unpaired) electrons. The molecule has 1 aliphatic carbocycles.